The Hall–Kier alpha value is -0.650. The van der Waals surface area contributed by atoms with Gasteiger partial charge in [0.25, 0.3) is 0 Å². The van der Waals surface area contributed by atoms with Crippen LogP contribution in [0.15, 0.2) is 24.3 Å². The molecular weight excluding hydrogens is 294 g/mol. The maximum absolute atomic E-state index is 9.17. The lowest BCUT2D eigenvalue weighted by molar-refractivity contribution is -0.0191. The summed E-state index contributed by atoms with van der Waals surface area (Å²) in [4.78, 5) is 3.58. The predicted molar refractivity (Wildman–Crippen MR) is 83.6 cm³/mol. The van der Waals surface area contributed by atoms with Gasteiger partial charge < -0.3 is 9.84 Å². The molecule has 1 aromatic carbocycles. The third-order valence-electron chi connectivity index (χ3n) is 3.76. The van der Waals surface area contributed by atoms with Crippen LogP contribution in [0.3, 0.4) is 0 Å². The number of aliphatic hydroxyl groups excluding tert-OH is 1. The van der Waals surface area contributed by atoms with Crippen molar-refractivity contribution in [1.82, 2.24) is 4.90 Å². The molecule has 5 heteroatoms. The Kier molecular flexibility index (Phi) is 4.58. The molecule has 2 aromatic rings. The standard InChI is InChI=1S/C15H18ClNO2S/c16-15-12-3-1-2-4-13(12)20-14(15)9-17-6-8-19-10-11(17)5-7-18/h1-4,11,18H,5-10H2/t11-/m1/s1. The smallest absolute Gasteiger partial charge is 0.0637 e. The Labute approximate surface area is 127 Å². The summed E-state index contributed by atoms with van der Waals surface area (Å²) in [5.41, 5.74) is 0. The van der Waals surface area contributed by atoms with E-state index in [9.17, 15) is 0 Å². The third kappa shape index (κ3) is 2.85. The molecule has 0 radical (unpaired) electrons. The molecular formula is C15H18ClNO2S. The second-order valence-corrected chi connectivity index (χ2v) is 6.56. The summed E-state index contributed by atoms with van der Waals surface area (Å²) in [6.45, 7) is 3.39. The number of hydrogen-bond acceptors (Lipinski definition) is 4. The van der Waals surface area contributed by atoms with E-state index in [4.69, 9.17) is 21.4 Å². The number of rotatable bonds is 4. The van der Waals surface area contributed by atoms with Gasteiger partial charge in [-0.15, -0.1) is 11.3 Å². The van der Waals surface area contributed by atoms with Crippen molar-refractivity contribution in [2.75, 3.05) is 26.4 Å². The molecule has 1 saturated heterocycles. The zero-order valence-electron chi connectivity index (χ0n) is 11.2. The number of thiophene rings is 1. The zero-order chi connectivity index (χ0) is 13.9. The first kappa shape index (κ1) is 14.3. The van der Waals surface area contributed by atoms with Crippen LogP contribution in [0.1, 0.15) is 11.3 Å². The highest BCUT2D eigenvalue weighted by molar-refractivity contribution is 7.19. The van der Waals surface area contributed by atoms with E-state index >= 15 is 0 Å². The molecule has 20 heavy (non-hydrogen) atoms. The average Bonchev–Trinajstić information content (AvgIpc) is 2.79. The number of aliphatic hydroxyl groups is 1. The van der Waals surface area contributed by atoms with Gasteiger partial charge in [0.2, 0.25) is 0 Å². The van der Waals surface area contributed by atoms with E-state index in [1.807, 2.05) is 12.1 Å². The van der Waals surface area contributed by atoms with Crippen LogP contribution >= 0.6 is 22.9 Å². The molecule has 2 heterocycles. The quantitative estimate of drug-likeness (QED) is 0.941. The van der Waals surface area contributed by atoms with Gasteiger partial charge in [-0.3, -0.25) is 4.90 Å². The van der Waals surface area contributed by atoms with E-state index in [0.717, 1.165) is 36.5 Å². The Morgan fingerprint density at radius 1 is 1.40 bits per heavy atom. The van der Waals surface area contributed by atoms with E-state index < -0.39 is 0 Å². The SMILES string of the molecule is OCC[C@@H]1COCCN1Cc1sc2ccccc2c1Cl. The molecule has 1 fully saturated rings. The van der Waals surface area contributed by atoms with Gasteiger partial charge in [0.05, 0.1) is 18.2 Å². The molecule has 0 bridgehead atoms. The zero-order valence-corrected chi connectivity index (χ0v) is 12.8. The predicted octanol–water partition coefficient (Wildman–Crippen LogP) is 3.14. The first-order valence-corrected chi connectivity index (χ1v) is 8.07. The Balaban J connectivity index is 1.82. The molecule has 1 N–H and O–H groups in total. The van der Waals surface area contributed by atoms with Crippen LogP contribution in [0.4, 0.5) is 0 Å². The van der Waals surface area contributed by atoms with Crippen molar-refractivity contribution in [3.63, 3.8) is 0 Å². The van der Waals surface area contributed by atoms with Crippen LogP contribution in [0.2, 0.25) is 5.02 Å². The molecule has 1 aromatic heterocycles. The third-order valence-corrected chi connectivity index (χ3v) is 5.46. The fraction of sp³-hybridized carbons (Fsp3) is 0.467. The first-order valence-electron chi connectivity index (χ1n) is 6.88. The van der Waals surface area contributed by atoms with Crippen LogP contribution in [-0.4, -0.2) is 42.4 Å². The lowest BCUT2D eigenvalue weighted by atomic mass is 10.1. The van der Waals surface area contributed by atoms with Gasteiger partial charge in [0, 0.05) is 40.7 Å². The molecule has 108 valence electrons. The van der Waals surface area contributed by atoms with Crippen LogP contribution in [-0.2, 0) is 11.3 Å². The number of nitrogens with zero attached hydrogens (tertiary/aromatic N) is 1. The van der Waals surface area contributed by atoms with Crippen LogP contribution in [0, 0.1) is 0 Å². The minimum absolute atomic E-state index is 0.199. The highest BCUT2D eigenvalue weighted by Crippen LogP contribution is 2.36. The number of hydrogen-bond donors (Lipinski definition) is 1. The van der Waals surface area contributed by atoms with Gasteiger partial charge in [-0.25, -0.2) is 0 Å². The summed E-state index contributed by atoms with van der Waals surface area (Å²) >= 11 is 8.27. The van der Waals surface area contributed by atoms with Crippen molar-refractivity contribution in [3.05, 3.63) is 34.2 Å². The van der Waals surface area contributed by atoms with E-state index in [1.165, 1.54) is 9.58 Å². The lowest BCUT2D eigenvalue weighted by Gasteiger charge is -2.35. The van der Waals surface area contributed by atoms with Gasteiger partial charge in [-0.05, 0) is 12.5 Å². The normalized spacial score (nSPS) is 20.6. The van der Waals surface area contributed by atoms with Gasteiger partial charge in [-0.1, -0.05) is 29.8 Å². The minimum Gasteiger partial charge on any atom is -0.396 e. The van der Waals surface area contributed by atoms with Gasteiger partial charge in [-0.2, -0.15) is 0 Å². The van der Waals surface area contributed by atoms with Gasteiger partial charge in [0.1, 0.15) is 0 Å². The average molecular weight is 312 g/mol. The van der Waals surface area contributed by atoms with Crippen molar-refractivity contribution in [2.45, 2.75) is 19.0 Å². The molecule has 0 amide bonds. The Morgan fingerprint density at radius 3 is 3.05 bits per heavy atom. The monoisotopic (exact) mass is 311 g/mol. The maximum atomic E-state index is 9.17. The number of ether oxygens (including phenoxy) is 1. The minimum atomic E-state index is 0.199. The first-order chi connectivity index (χ1) is 9.79. The number of fused-ring (bicyclic) bond motifs is 1. The van der Waals surface area contributed by atoms with E-state index in [1.54, 1.807) is 11.3 Å². The molecule has 0 unspecified atom stereocenters. The summed E-state index contributed by atoms with van der Waals surface area (Å²) < 4.78 is 6.75. The largest absolute Gasteiger partial charge is 0.396 e. The summed E-state index contributed by atoms with van der Waals surface area (Å²) in [5.74, 6) is 0. The van der Waals surface area contributed by atoms with Crippen molar-refractivity contribution in [2.24, 2.45) is 0 Å². The Morgan fingerprint density at radius 2 is 2.25 bits per heavy atom. The van der Waals surface area contributed by atoms with Crippen molar-refractivity contribution >= 4 is 33.0 Å². The topological polar surface area (TPSA) is 32.7 Å². The van der Waals surface area contributed by atoms with Gasteiger partial charge >= 0.3 is 0 Å². The molecule has 1 aliphatic rings. The highest BCUT2D eigenvalue weighted by atomic mass is 35.5. The maximum Gasteiger partial charge on any atom is 0.0637 e. The second kappa shape index (κ2) is 6.41. The van der Waals surface area contributed by atoms with E-state index in [0.29, 0.717) is 6.61 Å². The van der Waals surface area contributed by atoms with Crippen molar-refractivity contribution < 1.29 is 9.84 Å². The second-order valence-electron chi connectivity index (χ2n) is 5.05. The molecule has 0 spiro atoms. The fourth-order valence-electron chi connectivity index (χ4n) is 2.66. The number of halogens is 1. The number of morpholine rings is 1. The molecule has 0 saturated carbocycles. The molecule has 1 aliphatic heterocycles. The molecule has 1 atom stereocenters. The summed E-state index contributed by atoms with van der Waals surface area (Å²) in [7, 11) is 0. The van der Waals surface area contributed by atoms with Gasteiger partial charge in [0.15, 0.2) is 0 Å². The fourth-order valence-corrected chi connectivity index (χ4v) is 4.18. The summed E-state index contributed by atoms with van der Waals surface area (Å²) in [5, 5.41) is 11.2. The van der Waals surface area contributed by atoms with Crippen LogP contribution in [0.25, 0.3) is 10.1 Å². The van der Waals surface area contributed by atoms with Crippen LogP contribution in [0.5, 0.6) is 0 Å². The van der Waals surface area contributed by atoms with Crippen LogP contribution < -0.4 is 0 Å². The van der Waals surface area contributed by atoms with E-state index in [2.05, 4.69) is 17.0 Å². The van der Waals surface area contributed by atoms with E-state index in [-0.39, 0.29) is 12.6 Å². The molecule has 3 nitrogen and oxygen atoms in total. The molecule has 0 aliphatic carbocycles. The number of benzene rings is 1. The summed E-state index contributed by atoms with van der Waals surface area (Å²) in [6, 6.07) is 8.54. The lowest BCUT2D eigenvalue weighted by Crippen LogP contribution is -2.45. The highest BCUT2D eigenvalue weighted by Gasteiger charge is 2.24. The Bertz CT molecular complexity index is 584. The molecule has 3 rings (SSSR count). The summed E-state index contributed by atoms with van der Waals surface area (Å²) in [6.07, 6.45) is 0.752. The van der Waals surface area contributed by atoms with Crippen molar-refractivity contribution in [1.29, 1.82) is 0 Å². The van der Waals surface area contributed by atoms with Crippen molar-refractivity contribution in [3.8, 4) is 0 Å².